The predicted molar refractivity (Wildman–Crippen MR) is 123 cm³/mol. The molecule has 1 unspecified atom stereocenters. The molecule has 152 valence electrons. The second kappa shape index (κ2) is 13.8. The lowest BCUT2D eigenvalue weighted by molar-refractivity contribution is 0.0954. The zero-order valence-electron chi connectivity index (χ0n) is 16.5. The van der Waals surface area contributed by atoms with Gasteiger partial charge in [-0.1, -0.05) is 24.6 Å². The van der Waals surface area contributed by atoms with E-state index in [1.165, 1.54) is 25.8 Å². The van der Waals surface area contributed by atoms with Crippen molar-refractivity contribution in [2.75, 3.05) is 39.8 Å². The smallest absolute Gasteiger partial charge is 0.251 e. The van der Waals surface area contributed by atoms with E-state index >= 15 is 0 Å². The Kier molecular flexibility index (Phi) is 12.1. The molecule has 1 fully saturated rings. The third kappa shape index (κ3) is 8.92. The van der Waals surface area contributed by atoms with Crippen LogP contribution in [0.25, 0.3) is 0 Å². The number of likely N-dealkylation sites (tertiary alicyclic amines) is 1. The standard InChI is InChI=1S/C20H33N5O.HI/c1-17-9-6-7-15-25(17)16-8-12-23-20(21-2)24-14-13-22-19(26)18-10-4-3-5-11-18;/h3-5,10-11,17H,6-9,12-16H2,1-2H3,(H,22,26)(H2,21,23,24);1H. The summed E-state index contributed by atoms with van der Waals surface area (Å²) in [6.45, 7) is 6.80. The molecule has 1 aromatic rings. The topological polar surface area (TPSA) is 68.8 Å². The Morgan fingerprint density at radius 1 is 1.11 bits per heavy atom. The first-order chi connectivity index (χ1) is 12.7. The van der Waals surface area contributed by atoms with Crippen LogP contribution in [-0.4, -0.2) is 62.6 Å². The molecule has 0 aromatic heterocycles. The van der Waals surface area contributed by atoms with E-state index in [1.807, 2.05) is 30.3 Å². The predicted octanol–water partition coefficient (Wildman–Crippen LogP) is 2.46. The number of halogens is 1. The molecule has 0 bridgehead atoms. The molecule has 1 heterocycles. The second-order valence-electron chi connectivity index (χ2n) is 6.78. The van der Waals surface area contributed by atoms with Crippen LogP contribution < -0.4 is 16.0 Å². The third-order valence-electron chi connectivity index (χ3n) is 4.82. The summed E-state index contributed by atoms with van der Waals surface area (Å²) < 4.78 is 0. The molecule has 0 spiro atoms. The van der Waals surface area contributed by atoms with Crippen LogP contribution >= 0.6 is 24.0 Å². The molecular weight excluding hydrogens is 453 g/mol. The van der Waals surface area contributed by atoms with Gasteiger partial charge >= 0.3 is 0 Å². The highest BCUT2D eigenvalue weighted by Gasteiger charge is 2.17. The van der Waals surface area contributed by atoms with Crippen molar-refractivity contribution >= 4 is 35.8 Å². The lowest BCUT2D eigenvalue weighted by Gasteiger charge is -2.33. The minimum absolute atomic E-state index is 0. The van der Waals surface area contributed by atoms with Gasteiger partial charge in [0.05, 0.1) is 0 Å². The summed E-state index contributed by atoms with van der Waals surface area (Å²) in [4.78, 5) is 18.8. The molecule has 0 aliphatic carbocycles. The van der Waals surface area contributed by atoms with Gasteiger partial charge in [0.25, 0.3) is 5.91 Å². The quantitative estimate of drug-likeness (QED) is 0.228. The fourth-order valence-electron chi connectivity index (χ4n) is 3.25. The van der Waals surface area contributed by atoms with Gasteiger partial charge in [-0.15, -0.1) is 24.0 Å². The third-order valence-corrected chi connectivity index (χ3v) is 4.82. The van der Waals surface area contributed by atoms with E-state index < -0.39 is 0 Å². The Morgan fingerprint density at radius 3 is 2.52 bits per heavy atom. The van der Waals surface area contributed by atoms with E-state index in [0.29, 0.717) is 18.7 Å². The number of amides is 1. The fourth-order valence-corrected chi connectivity index (χ4v) is 3.25. The van der Waals surface area contributed by atoms with Crippen LogP contribution in [0.2, 0.25) is 0 Å². The average molecular weight is 487 g/mol. The maximum atomic E-state index is 12.0. The van der Waals surface area contributed by atoms with Crippen LogP contribution in [0.1, 0.15) is 43.0 Å². The zero-order chi connectivity index (χ0) is 18.6. The number of guanidine groups is 1. The summed E-state index contributed by atoms with van der Waals surface area (Å²) in [7, 11) is 1.77. The minimum Gasteiger partial charge on any atom is -0.356 e. The van der Waals surface area contributed by atoms with Gasteiger partial charge in [-0.2, -0.15) is 0 Å². The van der Waals surface area contributed by atoms with Crippen molar-refractivity contribution in [1.82, 2.24) is 20.9 Å². The number of carbonyl (C=O) groups excluding carboxylic acids is 1. The molecule has 27 heavy (non-hydrogen) atoms. The van der Waals surface area contributed by atoms with Gasteiger partial charge in [-0.3, -0.25) is 9.79 Å². The van der Waals surface area contributed by atoms with Gasteiger partial charge in [-0.25, -0.2) is 0 Å². The van der Waals surface area contributed by atoms with E-state index in [2.05, 4.69) is 32.8 Å². The van der Waals surface area contributed by atoms with Crippen LogP contribution in [0, 0.1) is 0 Å². The van der Waals surface area contributed by atoms with E-state index in [4.69, 9.17) is 0 Å². The molecule has 3 N–H and O–H groups in total. The van der Waals surface area contributed by atoms with Crippen molar-refractivity contribution in [1.29, 1.82) is 0 Å². The van der Waals surface area contributed by atoms with Gasteiger partial charge in [0.2, 0.25) is 0 Å². The van der Waals surface area contributed by atoms with Crippen molar-refractivity contribution in [2.45, 2.75) is 38.6 Å². The Morgan fingerprint density at radius 2 is 1.81 bits per heavy atom. The highest BCUT2D eigenvalue weighted by molar-refractivity contribution is 14.0. The number of hydrogen-bond acceptors (Lipinski definition) is 3. The van der Waals surface area contributed by atoms with Crippen molar-refractivity contribution in [3.05, 3.63) is 35.9 Å². The molecule has 1 aliphatic rings. The summed E-state index contributed by atoms with van der Waals surface area (Å²) in [5.41, 5.74) is 0.682. The van der Waals surface area contributed by atoms with E-state index in [0.717, 1.165) is 31.5 Å². The highest BCUT2D eigenvalue weighted by atomic mass is 127. The number of aliphatic imine (C=N–C) groups is 1. The molecule has 0 radical (unpaired) electrons. The van der Waals surface area contributed by atoms with Crippen molar-refractivity contribution in [2.24, 2.45) is 4.99 Å². The SMILES string of the molecule is CN=C(NCCCN1CCCCC1C)NCCNC(=O)c1ccccc1.I. The normalized spacial score (nSPS) is 17.7. The first-order valence-corrected chi connectivity index (χ1v) is 9.72. The Hall–Kier alpha value is -1.35. The molecule has 1 aliphatic heterocycles. The van der Waals surface area contributed by atoms with Crippen LogP contribution in [-0.2, 0) is 0 Å². The molecule has 2 rings (SSSR count). The first kappa shape index (κ1) is 23.7. The van der Waals surface area contributed by atoms with Gasteiger partial charge in [0.1, 0.15) is 0 Å². The molecular formula is C20H34IN5O. The largest absolute Gasteiger partial charge is 0.356 e. The monoisotopic (exact) mass is 487 g/mol. The lowest BCUT2D eigenvalue weighted by atomic mass is 10.0. The molecule has 0 saturated carbocycles. The maximum absolute atomic E-state index is 12.0. The average Bonchev–Trinajstić information content (AvgIpc) is 2.68. The molecule has 1 saturated heterocycles. The minimum atomic E-state index is -0.0500. The van der Waals surface area contributed by atoms with Crippen molar-refractivity contribution in [3.8, 4) is 0 Å². The van der Waals surface area contributed by atoms with Crippen LogP contribution in [0.3, 0.4) is 0 Å². The van der Waals surface area contributed by atoms with Crippen molar-refractivity contribution in [3.63, 3.8) is 0 Å². The van der Waals surface area contributed by atoms with E-state index in [1.54, 1.807) is 7.05 Å². The van der Waals surface area contributed by atoms with E-state index in [-0.39, 0.29) is 29.9 Å². The number of carbonyl (C=O) groups is 1. The van der Waals surface area contributed by atoms with Gasteiger partial charge in [0, 0.05) is 44.8 Å². The first-order valence-electron chi connectivity index (χ1n) is 9.72. The number of nitrogens with one attached hydrogen (secondary N) is 3. The molecule has 1 atom stereocenters. The fraction of sp³-hybridized carbons (Fsp3) is 0.600. The van der Waals surface area contributed by atoms with Gasteiger partial charge in [0.15, 0.2) is 5.96 Å². The molecule has 1 amide bonds. The van der Waals surface area contributed by atoms with Crippen molar-refractivity contribution < 1.29 is 4.79 Å². The molecule has 6 nitrogen and oxygen atoms in total. The molecule has 1 aromatic carbocycles. The Balaban J connectivity index is 0.00000364. The maximum Gasteiger partial charge on any atom is 0.251 e. The summed E-state index contributed by atoms with van der Waals surface area (Å²) in [5, 5.41) is 9.48. The Bertz CT molecular complexity index is 567. The number of rotatable bonds is 8. The van der Waals surface area contributed by atoms with Crippen LogP contribution in [0.5, 0.6) is 0 Å². The number of benzene rings is 1. The van der Waals surface area contributed by atoms with E-state index in [9.17, 15) is 4.79 Å². The second-order valence-corrected chi connectivity index (χ2v) is 6.78. The zero-order valence-corrected chi connectivity index (χ0v) is 18.9. The summed E-state index contributed by atoms with van der Waals surface area (Å²) in [5.74, 6) is 0.733. The Labute approximate surface area is 180 Å². The molecule has 7 heteroatoms. The van der Waals surface area contributed by atoms with Gasteiger partial charge in [-0.05, 0) is 44.9 Å². The highest BCUT2D eigenvalue weighted by Crippen LogP contribution is 2.15. The number of nitrogens with zero attached hydrogens (tertiary/aromatic N) is 2. The van der Waals surface area contributed by atoms with Crippen LogP contribution in [0.4, 0.5) is 0 Å². The number of piperidine rings is 1. The summed E-state index contributed by atoms with van der Waals surface area (Å²) in [6, 6.07) is 9.97. The van der Waals surface area contributed by atoms with Crippen LogP contribution in [0.15, 0.2) is 35.3 Å². The summed E-state index contributed by atoms with van der Waals surface area (Å²) in [6.07, 6.45) is 5.13. The van der Waals surface area contributed by atoms with Gasteiger partial charge < -0.3 is 20.9 Å². The summed E-state index contributed by atoms with van der Waals surface area (Å²) >= 11 is 0. The number of hydrogen-bond donors (Lipinski definition) is 3. The lowest BCUT2D eigenvalue weighted by Crippen LogP contribution is -2.43.